The van der Waals surface area contributed by atoms with Gasteiger partial charge in [-0.3, -0.25) is 4.79 Å². The Bertz CT molecular complexity index is 516. The maximum Gasteiger partial charge on any atom is 0.305 e. The van der Waals surface area contributed by atoms with Gasteiger partial charge in [-0.15, -0.1) is 0 Å². The summed E-state index contributed by atoms with van der Waals surface area (Å²) >= 11 is 0. The molecule has 0 aliphatic heterocycles. The Morgan fingerprint density at radius 1 is 1.56 bits per heavy atom. The fraction of sp³-hybridized carbons (Fsp3) is 0.462. The first-order chi connectivity index (χ1) is 8.25. The van der Waals surface area contributed by atoms with E-state index < -0.39 is 11.5 Å². The molecule has 1 aromatic rings. The Morgan fingerprint density at radius 2 is 2.17 bits per heavy atom. The van der Waals surface area contributed by atoms with Gasteiger partial charge < -0.3 is 10.4 Å². The summed E-state index contributed by atoms with van der Waals surface area (Å²) in [5.74, 6) is -0.448. The van der Waals surface area contributed by atoms with Crippen LogP contribution in [0.25, 0.3) is 0 Å². The van der Waals surface area contributed by atoms with Crippen LogP contribution in [0.4, 0.5) is 5.82 Å². The van der Waals surface area contributed by atoms with E-state index in [1.165, 1.54) is 0 Å². The smallest absolute Gasteiger partial charge is 0.305 e. The van der Waals surface area contributed by atoms with Crippen molar-refractivity contribution in [2.75, 3.05) is 5.32 Å². The topological polar surface area (TPSA) is 86.0 Å². The number of aliphatic carboxylic acids is 1. The number of nitriles is 1. The summed E-state index contributed by atoms with van der Waals surface area (Å²) in [6.45, 7) is 7.20. The quantitative estimate of drug-likeness (QED) is 0.852. The molecule has 5 nitrogen and oxygen atoms in total. The van der Waals surface area contributed by atoms with Crippen LogP contribution in [0.3, 0.4) is 0 Å². The first kappa shape index (κ1) is 14.0. The van der Waals surface area contributed by atoms with E-state index in [2.05, 4.69) is 16.4 Å². The van der Waals surface area contributed by atoms with E-state index in [1.54, 1.807) is 13.8 Å². The first-order valence-corrected chi connectivity index (χ1v) is 5.63. The summed E-state index contributed by atoms with van der Waals surface area (Å²) in [5, 5.41) is 21.0. The van der Waals surface area contributed by atoms with Crippen molar-refractivity contribution in [1.29, 1.82) is 5.26 Å². The summed E-state index contributed by atoms with van der Waals surface area (Å²) in [6, 6.07) is 3.92. The van der Waals surface area contributed by atoms with Gasteiger partial charge in [0.05, 0.1) is 12.0 Å². The Balaban J connectivity index is 3.11. The van der Waals surface area contributed by atoms with Crippen LogP contribution in [0.15, 0.2) is 6.07 Å². The average molecular weight is 247 g/mol. The van der Waals surface area contributed by atoms with Gasteiger partial charge in [-0.2, -0.15) is 5.26 Å². The van der Waals surface area contributed by atoms with Crippen molar-refractivity contribution in [2.45, 2.75) is 39.7 Å². The lowest BCUT2D eigenvalue weighted by Crippen LogP contribution is -2.34. The van der Waals surface area contributed by atoms with Gasteiger partial charge >= 0.3 is 5.97 Å². The third kappa shape index (κ3) is 3.45. The van der Waals surface area contributed by atoms with Gasteiger partial charge in [-0.1, -0.05) is 0 Å². The van der Waals surface area contributed by atoms with Crippen molar-refractivity contribution >= 4 is 11.8 Å². The summed E-state index contributed by atoms with van der Waals surface area (Å²) < 4.78 is 0. The minimum Gasteiger partial charge on any atom is -0.481 e. The van der Waals surface area contributed by atoms with Gasteiger partial charge in [-0.25, -0.2) is 4.98 Å². The predicted molar refractivity (Wildman–Crippen MR) is 68.4 cm³/mol. The second-order valence-electron chi connectivity index (χ2n) is 5.00. The Hall–Kier alpha value is -2.09. The molecule has 2 N–H and O–H groups in total. The molecule has 0 aromatic carbocycles. The second-order valence-corrected chi connectivity index (χ2v) is 5.00. The van der Waals surface area contributed by atoms with E-state index in [0.717, 1.165) is 11.3 Å². The zero-order chi connectivity index (χ0) is 13.9. The average Bonchev–Trinajstić information content (AvgIpc) is 2.13. The van der Waals surface area contributed by atoms with Gasteiger partial charge in [-0.05, 0) is 39.3 Å². The van der Waals surface area contributed by atoms with Crippen LogP contribution in [-0.4, -0.2) is 21.6 Å². The van der Waals surface area contributed by atoms with E-state index in [9.17, 15) is 4.79 Å². The van der Waals surface area contributed by atoms with E-state index in [1.807, 2.05) is 19.9 Å². The maximum atomic E-state index is 10.8. The molecule has 0 spiro atoms. The number of aryl methyl sites for hydroxylation is 2. The number of carboxylic acid groups (broad SMARTS) is 1. The largest absolute Gasteiger partial charge is 0.481 e. The van der Waals surface area contributed by atoms with Crippen molar-refractivity contribution in [3.63, 3.8) is 0 Å². The van der Waals surface area contributed by atoms with Gasteiger partial charge in [0.2, 0.25) is 0 Å². The molecule has 1 aromatic heterocycles. The lowest BCUT2D eigenvalue weighted by molar-refractivity contribution is -0.137. The molecule has 0 atom stereocenters. The molecule has 0 saturated carbocycles. The van der Waals surface area contributed by atoms with Crippen LogP contribution in [0.2, 0.25) is 0 Å². The zero-order valence-corrected chi connectivity index (χ0v) is 11.0. The van der Waals surface area contributed by atoms with Crippen LogP contribution < -0.4 is 5.32 Å². The Labute approximate surface area is 106 Å². The number of pyridine rings is 1. The molecule has 0 unspecified atom stereocenters. The lowest BCUT2D eigenvalue weighted by Gasteiger charge is -2.26. The number of hydrogen-bond donors (Lipinski definition) is 2. The summed E-state index contributed by atoms with van der Waals surface area (Å²) in [4.78, 5) is 15.0. The van der Waals surface area contributed by atoms with Crippen LogP contribution in [-0.2, 0) is 4.79 Å². The van der Waals surface area contributed by atoms with Crippen molar-refractivity contribution in [3.05, 3.63) is 22.9 Å². The summed E-state index contributed by atoms with van der Waals surface area (Å²) in [7, 11) is 0. The third-order valence-electron chi connectivity index (χ3n) is 2.51. The molecule has 0 fully saturated rings. The van der Waals surface area contributed by atoms with Crippen LogP contribution >= 0.6 is 0 Å². The fourth-order valence-electron chi connectivity index (χ4n) is 1.81. The molecule has 1 rings (SSSR count). The third-order valence-corrected chi connectivity index (χ3v) is 2.51. The molecule has 0 saturated heterocycles. The molecule has 18 heavy (non-hydrogen) atoms. The van der Waals surface area contributed by atoms with Crippen LogP contribution in [0, 0.1) is 25.2 Å². The monoisotopic (exact) mass is 247 g/mol. The van der Waals surface area contributed by atoms with Gasteiger partial charge in [0, 0.05) is 11.2 Å². The first-order valence-electron chi connectivity index (χ1n) is 5.63. The number of hydrogen-bond acceptors (Lipinski definition) is 4. The minimum absolute atomic E-state index is 0.0491. The minimum atomic E-state index is -0.893. The Morgan fingerprint density at radius 3 is 2.67 bits per heavy atom. The number of nitrogens with zero attached hydrogens (tertiary/aromatic N) is 2. The Kier molecular flexibility index (Phi) is 3.92. The van der Waals surface area contributed by atoms with Crippen LogP contribution in [0.5, 0.6) is 0 Å². The van der Waals surface area contributed by atoms with Crippen molar-refractivity contribution in [2.24, 2.45) is 0 Å². The van der Waals surface area contributed by atoms with E-state index >= 15 is 0 Å². The molecule has 0 aliphatic carbocycles. The molecular weight excluding hydrogens is 230 g/mol. The van der Waals surface area contributed by atoms with Crippen molar-refractivity contribution < 1.29 is 9.90 Å². The highest BCUT2D eigenvalue weighted by molar-refractivity contribution is 5.69. The summed E-state index contributed by atoms with van der Waals surface area (Å²) in [6.07, 6.45) is -0.0491. The number of anilines is 1. The molecule has 0 bridgehead atoms. The normalized spacial score (nSPS) is 10.8. The number of aromatic nitrogens is 1. The predicted octanol–water partition coefficient (Wildman–Crippen LogP) is 2.24. The van der Waals surface area contributed by atoms with Gasteiger partial charge in [0.1, 0.15) is 11.9 Å². The van der Waals surface area contributed by atoms with E-state index in [-0.39, 0.29) is 6.42 Å². The molecule has 0 aliphatic rings. The highest BCUT2D eigenvalue weighted by Crippen LogP contribution is 2.22. The van der Waals surface area contributed by atoms with E-state index in [0.29, 0.717) is 11.4 Å². The second kappa shape index (κ2) is 5.05. The van der Waals surface area contributed by atoms with Gasteiger partial charge in [0.15, 0.2) is 0 Å². The standard InChI is InChI=1S/C13H17N3O2/c1-8-5-9(2)15-12(10(8)7-14)16-13(3,4)6-11(17)18/h5H,6H2,1-4H3,(H,15,16)(H,17,18). The van der Waals surface area contributed by atoms with Gasteiger partial charge in [0.25, 0.3) is 0 Å². The summed E-state index contributed by atoms with van der Waals surface area (Å²) in [5.41, 5.74) is 1.42. The fourth-order valence-corrected chi connectivity index (χ4v) is 1.81. The lowest BCUT2D eigenvalue weighted by atomic mass is 10.00. The van der Waals surface area contributed by atoms with Crippen molar-refractivity contribution in [3.8, 4) is 6.07 Å². The number of rotatable bonds is 4. The highest BCUT2D eigenvalue weighted by Gasteiger charge is 2.23. The molecule has 5 heteroatoms. The molecular formula is C13H17N3O2. The van der Waals surface area contributed by atoms with Crippen LogP contribution in [0.1, 0.15) is 37.1 Å². The van der Waals surface area contributed by atoms with E-state index in [4.69, 9.17) is 10.4 Å². The number of carboxylic acids is 1. The van der Waals surface area contributed by atoms with Crippen molar-refractivity contribution in [1.82, 2.24) is 4.98 Å². The highest BCUT2D eigenvalue weighted by atomic mass is 16.4. The SMILES string of the molecule is Cc1cc(C)c(C#N)c(NC(C)(C)CC(=O)O)n1. The number of carbonyl (C=O) groups is 1. The molecule has 0 amide bonds. The molecule has 0 radical (unpaired) electrons. The zero-order valence-electron chi connectivity index (χ0n) is 11.0. The molecule has 1 heterocycles. The maximum absolute atomic E-state index is 10.8. The number of nitrogens with one attached hydrogen (secondary N) is 1. The molecule has 96 valence electrons.